The van der Waals surface area contributed by atoms with Crippen LogP contribution in [-0.4, -0.2) is 14.7 Å². The van der Waals surface area contributed by atoms with Crippen molar-refractivity contribution in [3.8, 4) is 0 Å². The summed E-state index contributed by atoms with van der Waals surface area (Å²) in [6.07, 6.45) is 1.20. The molecule has 0 saturated heterocycles. The van der Waals surface area contributed by atoms with Crippen molar-refractivity contribution in [2.75, 3.05) is 6.26 Å². The third-order valence-corrected chi connectivity index (χ3v) is 3.20. The average Bonchev–Trinajstić information content (AvgIpc) is 1.86. The van der Waals surface area contributed by atoms with Crippen LogP contribution >= 0.6 is 9.24 Å². The Morgan fingerprint density at radius 1 is 1.15 bits per heavy atom. The third-order valence-electron chi connectivity index (χ3n) is 1.32. The fourth-order valence-corrected chi connectivity index (χ4v) is 2.49. The maximum absolute atomic E-state index is 11.0. The van der Waals surface area contributed by atoms with Crippen LogP contribution in [0, 0.1) is 75.5 Å². The van der Waals surface area contributed by atoms with Gasteiger partial charge in [0.05, 0.1) is 4.90 Å². The normalized spacial score (nSPS) is 9.69. The van der Waals surface area contributed by atoms with Gasteiger partial charge in [0.25, 0.3) is 0 Å². The van der Waals surface area contributed by atoms with E-state index in [4.69, 9.17) is 0 Å². The summed E-state index contributed by atoms with van der Waals surface area (Å²) >= 11 is 0. The first-order valence-corrected chi connectivity index (χ1v) is 5.53. The predicted molar refractivity (Wildman–Crippen MR) is 48.9 cm³/mol. The van der Waals surface area contributed by atoms with Crippen LogP contribution in [0.4, 0.5) is 0 Å². The van der Waals surface area contributed by atoms with Crippen molar-refractivity contribution in [2.45, 2.75) is 4.90 Å². The number of sulfone groups is 1. The molecule has 6 heteroatoms. The molecule has 0 fully saturated rings. The maximum Gasteiger partial charge on any atom is 0.176 e. The Hall–Kier alpha value is 2.12. The molecular weight excluding hydrogens is 259 g/mol. The molecule has 0 aliphatic heterocycles. The Morgan fingerprint density at radius 3 is 1.92 bits per heavy atom. The van der Waals surface area contributed by atoms with Gasteiger partial charge >= 0.3 is 0 Å². The standard InChI is InChI=1S/C7H9O2PS.2Ar/c1-11(8,9)7-5-3-2-4-6(7)10;;/h2-5H,10H2,1H3;;. The predicted octanol–water partition coefficient (Wildman–Crippen LogP) is 0.591. The van der Waals surface area contributed by atoms with Crippen LogP contribution in [0.15, 0.2) is 29.2 Å². The van der Waals surface area contributed by atoms with Crippen LogP contribution in [-0.2, 0) is 9.84 Å². The molecule has 0 bridgehead atoms. The van der Waals surface area contributed by atoms with Crippen LogP contribution in [0.25, 0.3) is 0 Å². The van der Waals surface area contributed by atoms with Crippen molar-refractivity contribution in [3.63, 3.8) is 0 Å². The third kappa shape index (κ3) is 5.67. The van der Waals surface area contributed by atoms with Crippen LogP contribution < -0.4 is 5.30 Å². The zero-order valence-electron chi connectivity index (χ0n) is 6.82. The first-order chi connectivity index (χ1) is 5.02. The summed E-state index contributed by atoms with van der Waals surface area (Å²) in [5.74, 6) is 0. The van der Waals surface area contributed by atoms with Gasteiger partial charge in [0.2, 0.25) is 0 Å². The topological polar surface area (TPSA) is 34.1 Å². The van der Waals surface area contributed by atoms with Gasteiger partial charge < -0.3 is 0 Å². The van der Waals surface area contributed by atoms with E-state index in [0.29, 0.717) is 4.90 Å². The SMILES string of the molecule is CS(=O)(=O)c1ccccc1P.[Ar].[Ar]. The van der Waals surface area contributed by atoms with Crippen LogP contribution in [0.1, 0.15) is 0 Å². The molecule has 0 saturated carbocycles. The molecule has 0 N–H and O–H groups in total. The quantitative estimate of drug-likeness (QED) is 0.699. The molecule has 0 spiro atoms. The van der Waals surface area contributed by atoms with E-state index in [2.05, 4.69) is 9.24 Å². The first kappa shape index (κ1) is 17.5. The number of rotatable bonds is 1. The largest absolute Gasteiger partial charge is 0.224 e. The summed E-state index contributed by atoms with van der Waals surface area (Å²) in [6.45, 7) is 0. The van der Waals surface area contributed by atoms with Crippen molar-refractivity contribution in [2.24, 2.45) is 0 Å². The van der Waals surface area contributed by atoms with E-state index >= 15 is 0 Å². The molecule has 0 amide bonds. The van der Waals surface area contributed by atoms with Gasteiger partial charge in [0, 0.05) is 81.7 Å². The van der Waals surface area contributed by atoms with Crippen molar-refractivity contribution < 1.29 is 83.9 Å². The number of hydrogen-bond acceptors (Lipinski definition) is 2. The minimum absolute atomic E-state index is 0. The molecule has 13 heavy (non-hydrogen) atoms. The molecule has 1 rings (SSSR count). The van der Waals surface area contributed by atoms with Crippen molar-refractivity contribution in [1.82, 2.24) is 0 Å². The van der Waals surface area contributed by atoms with E-state index in [0.717, 1.165) is 5.30 Å². The second-order valence-electron chi connectivity index (χ2n) is 2.31. The molecular formula is C7H9Ar2O2PS. The zero-order chi connectivity index (χ0) is 8.48. The van der Waals surface area contributed by atoms with E-state index in [1.54, 1.807) is 24.3 Å². The smallest absolute Gasteiger partial charge is 0.176 e. The molecule has 1 atom stereocenters. The molecule has 0 aromatic heterocycles. The molecule has 76 valence electrons. The summed E-state index contributed by atoms with van der Waals surface area (Å²) < 4.78 is 22.1. The van der Waals surface area contributed by atoms with E-state index < -0.39 is 9.84 Å². The summed E-state index contributed by atoms with van der Waals surface area (Å²) in [4.78, 5) is 0.380. The Morgan fingerprint density at radius 2 is 1.62 bits per heavy atom. The summed E-state index contributed by atoms with van der Waals surface area (Å²) in [5.41, 5.74) is 0. The molecule has 1 aromatic carbocycles. The Balaban J connectivity index is 0. The van der Waals surface area contributed by atoms with Gasteiger partial charge in [-0.05, 0) is 11.4 Å². The van der Waals surface area contributed by atoms with E-state index in [1.165, 1.54) is 6.26 Å². The molecule has 1 unspecified atom stereocenters. The Labute approximate surface area is 141 Å². The van der Waals surface area contributed by atoms with E-state index in [1.807, 2.05) is 0 Å². The summed E-state index contributed by atoms with van der Waals surface area (Å²) in [5, 5.41) is 0.718. The molecule has 1 aromatic rings. The maximum atomic E-state index is 11.0. The number of benzene rings is 1. The van der Waals surface area contributed by atoms with Gasteiger partial charge in [-0.25, -0.2) is 8.42 Å². The minimum Gasteiger partial charge on any atom is -0.224 e. The fourth-order valence-electron chi connectivity index (χ4n) is 0.818. The van der Waals surface area contributed by atoms with Crippen molar-refractivity contribution >= 4 is 24.4 Å². The van der Waals surface area contributed by atoms with Gasteiger partial charge in [0.15, 0.2) is 9.84 Å². The fraction of sp³-hybridized carbons (Fsp3) is 0.143. The number of hydrogen-bond donors (Lipinski definition) is 0. The average molecular weight is 268 g/mol. The van der Waals surface area contributed by atoms with Gasteiger partial charge in [-0.15, -0.1) is 9.24 Å². The van der Waals surface area contributed by atoms with Gasteiger partial charge in [-0.3, -0.25) is 0 Å². The second-order valence-corrected chi connectivity index (χ2v) is 4.92. The minimum atomic E-state index is -3.05. The van der Waals surface area contributed by atoms with Crippen LogP contribution in [0.5, 0.6) is 0 Å². The Kier molecular flexibility index (Phi) is 9.97. The monoisotopic (exact) mass is 268 g/mol. The molecule has 2 nitrogen and oxygen atoms in total. The van der Waals surface area contributed by atoms with Crippen molar-refractivity contribution in [3.05, 3.63) is 24.3 Å². The first-order valence-electron chi connectivity index (χ1n) is 3.06. The molecule has 0 aliphatic rings. The Bertz CT molecular complexity index is 365. The zero-order valence-corrected chi connectivity index (χ0v) is 10.2. The van der Waals surface area contributed by atoms with Crippen LogP contribution in [0.2, 0.25) is 0 Å². The van der Waals surface area contributed by atoms with E-state index in [9.17, 15) is 8.42 Å². The molecule has 0 aliphatic carbocycles. The second kappa shape index (κ2) is 7.40. The summed E-state index contributed by atoms with van der Waals surface area (Å²) in [6, 6.07) is 6.86. The van der Waals surface area contributed by atoms with Crippen molar-refractivity contribution in [1.29, 1.82) is 0 Å². The molecule has 0 heterocycles. The van der Waals surface area contributed by atoms with Gasteiger partial charge in [-0.1, -0.05) is 18.2 Å². The van der Waals surface area contributed by atoms with Gasteiger partial charge in [-0.2, -0.15) is 0 Å². The summed E-state index contributed by atoms with van der Waals surface area (Å²) in [7, 11) is -0.660. The van der Waals surface area contributed by atoms with E-state index in [-0.39, 0.29) is 75.5 Å². The van der Waals surface area contributed by atoms with Crippen LogP contribution in [0.3, 0.4) is 0 Å². The molecule has 0 radical (unpaired) electrons. The van der Waals surface area contributed by atoms with Gasteiger partial charge in [0.1, 0.15) is 0 Å².